The predicted octanol–water partition coefficient (Wildman–Crippen LogP) is 3.19. The minimum Gasteiger partial charge on any atom is -0.302 e. The predicted molar refractivity (Wildman–Crippen MR) is 76.1 cm³/mol. The van der Waals surface area contributed by atoms with Crippen molar-refractivity contribution in [3.63, 3.8) is 0 Å². The van der Waals surface area contributed by atoms with Gasteiger partial charge in [-0.2, -0.15) is 5.48 Å². The Hall–Kier alpha value is -0.160. The van der Waals surface area contributed by atoms with E-state index in [9.17, 15) is 0 Å². The Bertz CT molecular complexity index is 168. The monoisotopic (exact) mass is 260 g/mol. The number of hydrogen-bond donors (Lipinski definition) is 2. The molecule has 0 saturated carbocycles. The van der Waals surface area contributed by atoms with E-state index in [2.05, 4.69) is 38.7 Å². The average molecular weight is 260 g/mol. The summed E-state index contributed by atoms with van der Waals surface area (Å²) in [6, 6.07) is 0.351. The van der Waals surface area contributed by atoms with Crippen molar-refractivity contribution in [3.05, 3.63) is 0 Å². The van der Waals surface area contributed by atoms with Gasteiger partial charge in [0.1, 0.15) is 0 Å². The zero-order valence-electron chi connectivity index (χ0n) is 12.6. The molecule has 0 bridgehead atoms. The highest BCUT2D eigenvalue weighted by atomic mass is 16.7. The molecule has 18 heavy (non-hydrogen) atoms. The number of nitrogens with one attached hydrogen (secondary N) is 2. The Balaban J connectivity index is 3.23. The first kappa shape index (κ1) is 17.8. The van der Waals surface area contributed by atoms with Gasteiger partial charge in [0.05, 0.1) is 12.7 Å². The lowest BCUT2D eigenvalue weighted by molar-refractivity contribution is -0.0259. The van der Waals surface area contributed by atoms with Crippen LogP contribution in [0.15, 0.2) is 0 Å². The third-order valence-electron chi connectivity index (χ3n) is 2.79. The molecule has 4 nitrogen and oxygen atoms in total. The van der Waals surface area contributed by atoms with Crippen molar-refractivity contribution in [1.82, 2.24) is 11.0 Å². The molecule has 0 fully saturated rings. The van der Waals surface area contributed by atoms with Crippen molar-refractivity contribution in [2.24, 2.45) is 0 Å². The molecule has 0 aliphatic carbocycles. The molecule has 2 N–H and O–H groups in total. The minimum atomic E-state index is 0.295. The highest BCUT2D eigenvalue weighted by Crippen LogP contribution is 1.99. The summed E-state index contributed by atoms with van der Waals surface area (Å²) in [5.74, 6) is 0. The van der Waals surface area contributed by atoms with E-state index in [1.807, 2.05) is 0 Å². The topological polar surface area (TPSA) is 42.5 Å². The molecule has 0 aliphatic heterocycles. The molecule has 0 amide bonds. The van der Waals surface area contributed by atoms with Gasteiger partial charge >= 0.3 is 0 Å². The van der Waals surface area contributed by atoms with Crippen LogP contribution in [0.5, 0.6) is 0 Å². The van der Waals surface area contributed by atoms with Gasteiger partial charge in [-0.15, -0.1) is 0 Å². The van der Waals surface area contributed by atoms with Crippen molar-refractivity contribution in [2.45, 2.75) is 78.4 Å². The molecule has 0 spiro atoms. The lowest BCUT2D eigenvalue weighted by atomic mass is 10.2. The van der Waals surface area contributed by atoms with E-state index in [1.54, 1.807) is 0 Å². The van der Waals surface area contributed by atoms with Gasteiger partial charge in [-0.25, -0.2) is 5.48 Å². The molecule has 2 unspecified atom stereocenters. The number of unbranched alkanes of at least 4 members (excludes halogenated alkanes) is 2. The summed E-state index contributed by atoms with van der Waals surface area (Å²) < 4.78 is 0. The van der Waals surface area contributed by atoms with Crippen LogP contribution in [0.1, 0.15) is 66.2 Å². The van der Waals surface area contributed by atoms with Crippen molar-refractivity contribution in [1.29, 1.82) is 0 Å². The Morgan fingerprint density at radius 1 is 1.00 bits per heavy atom. The molecule has 0 aromatic carbocycles. The van der Waals surface area contributed by atoms with Gasteiger partial charge in [0, 0.05) is 12.6 Å². The molecule has 0 aromatic heterocycles. The maximum Gasteiger partial charge on any atom is 0.0762 e. The second-order valence-electron chi connectivity index (χ2n) is 4.97. The number of rotatable bonds is 13. The minimum absolute atomic E-state index is 0.295. The first-order valence-electron chi connectivity index (χ1n) is 7.46. The number of hydrogen-bond acceptors (Lipinski definition) is 4. The summed E-state index contributed by atoms with van der Waals surface area (Å²) in [5.41, 5.74) is 6.08. The van der Waals surface area contributed by atoms with Crippen LogP contribution >= 0.6 is 0 Å². The third-order valence-corrected chi connectivity index (χ3v) is 2.79. The summed E-state index contributed by atoms with van der Waals surface area (Å²) >= 11 is 0. The van der Waals surface area contributed by atoms with E-state index in [0.29, 0.717) is 12.1 Å². The SMILES string of the molecule is CCCCCONC(C)CCNOC(C)CCC. The molecular weight excluding hydrogens is 228 g/mol. The lowest BCUT2D eigenvalue weighted by Gasteiger charge is -2.16. The van der Waals surface area contributed by atoms with Crippen LogP contribution in [-0.2, 0) is 9.68 Å². The second kappa shape index (κ2) is 13.3. The summed E-state index contributed by atoms with van der Waals surface area (Å²) in [4.78, 5) is 10.9. The fourth-order valence-corrected chi connectivity index (χ4v) is 1.63. The fourth-order valence-electron chi connectivity index (χ4n) is 1.63. The highest BCUT2D eigenvalue weighted by Gasteiger charge is 2.03. The summed E-state index contributed by atoms with van der Waals surface area (Å²) in [7, 11) is 0. The van der Waals surface area contributed by atoms with Gasteiger partial charge < -0.3 is 4.84 Å². The molecule has 0 aliphatic rings. The van der Waals surface area contributed by atoms with Gasteiger partial charge in [0.25, 0.3) is 0 Å². The van der Waals surface area contributed by atoms with E-state index in [-0.39, 0.29) is 0 Å². The van der Waals surface area contributed by atoms with E-state index >= 15 is 0 Å². The molecular formula is C14H32N2O2. The van der Waals surface area contributed by atoms with Gasteiger partial charge in [-0.3, -0.25) is 4.84 Å². The first-order valence-corrected chi connectivity index (χ1v) is 7.46. The highest BCUT2D eigenvalue weighted by molar-refractivity contribution is 4.55. The summed E-state index contributed by atoms with van der Waals surface area (Å²) in [6.45, 7) is 10.2. The molecule has 0 aromatic rings. The van der Waals surface area contributed by atoms with Crippen molar-refractivity contribution in [2.75, 3.05) is 13.2 Å². The molecule has 0 rings (SSSR count). The zero-order valence-corrected chi connectivity index (χ0v) is 12.6. The molecule has 0 heterocycles. The van der Waals surface area contributed by atoms with E-state index in [4.69, 9.17) is 9.68 Å². The Kier molecular flexibility index (Phi) is 13.2. The summed E-state index contributed by atoms with van der Waals surface area (Å²) in [6.07, 6.45) is 7.15. The smallest absolute Gasteiger partial charge is 0.0762 e. The second-order valence-corrected chi connectivity index (χ2v) is 4.97. The normalized spacial score (nSPS) is 14.7. The molecule has 110 valence electrons. The molecule has 0 radical (unpaired) electrons. The van der Waals surface area contributed by atoms with E-state index in [1.165, 1.54) is 12.8 Å². The van der Waals surface area contributed by atoms with E-state index in [0.717, 1.165) is 38.8 Å². The van der Waals surface area contributed by atoms with Gasteiger partial charge in [-0.05, 0) is 33.1 Å². The standard InChI is InChI=1S/C14H32N2O2/c1-5-7-8-12-17-16-13(3)10-11-15-18-14(4)9-6-2/h13-16H,5-12H2,1-4H3. The van der Waals surface area contributed by atoms with Crippen LogP contribution in [0.3, 0.4) is 0 Å². The van der Waals surface area contributed by atoms with Crippen LogP contribution in [0, 0.1) is 0 Å². The van der Waals surface area contributed by atoms with Crippen molar-refractivity contribution in [3.8, 4) is 0 Å². The number of hydroxylamine groups is 2. The van der Waals surface area contributed by atoms with Gasteiger partial charge in [0.2, 0.25) is 0 Å². The maximum absolute atomic E-state index is 5.47. The Labute approximate surface area is 113 Å². The average Bonchev–Trinajstić information content (AvgIpc) is 2.35. The Morgan fingerprint density at radius 3 is 2.44 bits per heavy atom. The largest absolute Gasteiger partial charge is 0.302 e. The van der Waals surface area contributed by atoms with Crippen LogP contribution in [-0.4, -0.2) is 25.3 Å². The van der Waals surface area contributed by atoms with Gasteiger partial charge in [0.15, 0.2) is 0 Å². The first-order chi connectivity index (χ1) is 8.70. The van der Waals surface area contributed by atoms with Crippen molar-refractivity contribution >= 4 is 0 Å². The van der Waals surface area contributed by atoms with Crippen LogP contribution in [0.25, 0.3) is 0 Å². The molecule has 4 heteroatoms. The molecule has 0 saturated heterocycles. The summed E-state index contributed by atoms with van der Waals surface area (Å²) in [5, 5.41) is 0. The van der Waals surface area contributed by atoms with E-state index < -0.39 is 0 Å². The third kappa shape index (κ3) is 12.3. The zero-order chi connectivity index (χ0) is 13.6. The van der Waals surface area contributed by atoms with Crippen LogP contribution in [0.2, 0.25) is 0 Å². The quantitative estimate of drug-likeness (QED) is 0.394. The maximum atomic E-state index is 5.47. The van der Waals surface area contributed by atoms with Crippen molar-refractivity contribution < 1.29 is 9.68 Å². The van der Waals surface area contributed by atoms with Crippen LogP contribution < -0.4 is 11.0 Å². The lowest BCUT2D eigenvalue weighted by Crippen LogP contribution is -2.31. The Morgan fingerprint density at radius 2 is 1.78 bits per heavy atom. The fraction of sp³-hybridized carbons (Fsp3) is 1.00. The van der Waals surface area contributed by atoms with Crippen LogP contribution in [0.4, 0.5) is 0 Å². The van der Waals surface area contributed by atoms with Gasteiger partial charge in [-0.1, -0.05) is 33.1 Å². The molecule has 2 atom stereocenters.